The first-order valence-electron chi connectivity index (χ1n) is 4.79. The number of hydrogen-bond donors (Lipinski definition) is 2. The third-order valence-corrected chi connectivity index (χ3v) is 2.15. The lowest BCUT2D eigenvalue weighted by Gasteiger charge is -2.14. The van der Waals surface area contributed by atoms with Crippen molar-refractivity contribution in [1.29, 1.82) is 0 Å². The fourth-order valence-electron chi connectivity index (χ4n) is 1.29. The molecule has 82 valence electrons. The summed E-state index contributed by atoms with van der Waals surface area (Å²) in [5.74, 6) is 5.38. The van der Waals surface area contributed by atoms with Crippen molar-refractivity contribution in [1.82, 2.24) is 5.43 Å². The number of carbonyl (C=O) groups is 1. The van der Waals surface area contributed by atoms with E-state index in [1.165, 1.54) is 0 Å². The predicted octanol–water partition coefficient (Wildman–Crippen LogP) is 1.06. The molecule has 0 unspecified atom stereocenters. The first-order valence-corrected chi connectivity index (χ1v) is 4.79. The van der Waals surface area contributed by atoms with Crippen molar-refractivity contribution in [2.24, 2.45) is 5.84 Å². The Kier molecular flexibility index (Phi) is 3.68. The summed E-state index contributed by atoms with van der Waals surface area (Å²) in [6.07, 6.45) is -0.587. The zero-order valence-electron chi connectivity index (χ0n) is 9.20. The molecule has 0 saturated carbocycles. The lowest BCUT2D eigenvalue weighted by molar-refractivity contribution is -0.127. The molecule has 0 saturated heterocycles. The number of hydrazine groups is 1. The molecule has 0 heterocycles. The molecule has 0 aliphatic rings. The second-order valence-corrected chi connectivity index (χ2v) is 3.54. The van der Waals surface area contributed by atoms with Gasteiger partial charge in [-0.1, -0.05) is 17.7 Å². The smallest absolute Gasteiger partial charge is 0.274 e. The SMILES string of the molecule is Cc1ccc(O[C@@H](C)C(=O)NN)c(C)c1. The van der Waals surface area contributed by atoms with Crippen LogP contribution in [0.25, 0.3) is 0 Å². The second-order valence-electron chi connectivity index (χ2n) is 3.54. The molecule has 1 atom stereocenters. The van der Waals surface area contributed by atoms with Crippen molar-refractivity contribution in [3.05, 3.63) is 29.3 Å². The first-order chi connectivity index (χ1) is 7.04. The Morgan fingerprint density at radius 1 is 1.47 bits per heavy atom. The van der Waals surface area contributed by atoms with E-state index in [4.69, 9.17) is 10.6 Å². The molecule has 0 aromatic heterocycles. The highest BCUT2D eigenvalue weighted by Gasteiger charge is 2.13. The number of hydrogen-bond acceptors (Lipinski definition) is 3. The molecule has 0 aliphatic carbocycles. The topological polar surface area (TPSA) is 64.3 Å². The summed E-state index contributed by atoms with van der Waals surface area (Å²) < 4.78 is 5.46. The quantitative estimate of drug-likeness (QED) is 0.443. The molecule has 0 bridgehead atoms. The molecular weight excluding hydrogens is 192 g/mol. The Bertz CT molecular complexity index is 364. The van der Waals surface area contributed by atoms with Crippen LogP contribution in [0.1, 0.15) is 18.1 Å². The molecule has 4 nitrogen and oxygen atoms in total. The van der Waals surface area contributed by atoms with E-state index in [0.29, 0.717) is 5.75 Å². The van der Waals surface area contributed by atoms with Crippen LogP contribution in [0.3, 0.4) is 0 Å². The Labute approximate surface area is 89.4 Å². The van der Waals surface area contributed by atoms with Gasteiger partial charge in [0, 0.05) is 0 Å². The van der Waals surface area contributed by atoms with Gasteiger partial charge in [-0.2, -0.15) is 0 Å². The van der Waals surface area contributed by atoms with Crippen molar-refractivity contribution in [3.8, 4) is 5.75 Å². The van der Waals surface area contributed by atoms with Gasteiger partial charge in [-0.3, -0.25) is 10.2 Å². The molecule has 0 fully saturated rings. The van der Waals surface area contributed by atoms with Crippen LogP contribution in [0.2, 0.25) is 0 Å². The van der Waals surface area contributed by atoms with E-state index in [2.05, 4.69) is 5.43 Å². The van der Waals surface area contributed by atoms with Crippen molar-refractivity contribution < 1.29 is 9.53 Å². The van der Waals surface area contributed by atoms with E-state index >= 15 is 0 Å². The van der Waals surface area contributed by atoms with Crippen LogP contribution in [-0.2, 0) is 4.79 Å². The summed E-state index contributed by atoms with van der Waals surface area (Å²) >= 11 is 0. The average Bonchev–Trinajstić information content (AvgIpc) is 2.20. The fourth-order valence-corrected chi connectivity index (χ4v) is 1.29. The van der Waals surface area contributed by atoms with E-state index in [1.807, 2.05) is 32.0 Å². The summed E-state index contributed by atoms with van der Waals surface area (Å²) in [5, 5.41) is 0. The number of amides is 1. The van der Waals surface area contributed by atoms with Crippen LogP contribution in [0, 0.1) is 13.8 Å². The van der Waals surface area contributed by atoms with Gasteiger partial charge in [0.15, 0.2) is 6.10 Å². The van der Waals surface area contributed by atoms with Gasteiger partial charge in [0.1, 0.15) is 5.75 Å². The Hall–Kier alpha value is -1.55. The Morgan fingerprint density at radius 2 is 2.13 bits per heavy atom. The normalized spacial score (nSPS) is 12.0. The predicted molar refractivity (Wildman–Crippen MR) is 58.3 cm³/mol. The highest BCUT2D eigenvalue weighted by molar-refractivity contribution is 5.80. The number of aryl methyl sites for hydroxylation is 2. The maximum atomic E-state index is 11.1. The van der Waals surface area contributed by atoms with Crippen molar-refractivity contribution in [3.63, 3.8) is 0 Å². The maximum Gasteiger partial charge on any atom is 0.274 e. The zero-order valence-corrected chi connectivity index (χ0v) is 9.20. The summed E-state index contributed by atoms with van der Waals surface area (Å²) in [4.78, 5) is 11.1. The molecular formula is C11H16N2O2. The minimum atomic E-state index is -0.587. The van der Waals surface area contributed by atoms with E-state index in [0.717, 1.165) is 11.1 Å². The number of nitrogens with one attached hydrogen (secondary N) is 1. The summed E-state index contributed by atoms with van der Waals surface area (Å²) in [7, 11) is 0. The lowest BCUT2D eigenvalue weighted by atomic mass is 10.1. The summed E-state index contributed by atoms with van der Waals surface area (Å²) in [6.45, 7) is 5.60. The largest absolute Gasteiger partial charge is 0.481 e. The van der Waals surface area contributed by atoms with Gasteiger partial charge in [-0.25, -0.2) is 5.84 Å². The van der Waals surface area contributed by atoms with Crippen LogP contribution in [0.15, 0.2) is 18.2 Å². The molecule has 1 aromatic carbocycles. The third kappa shape index (κ3) is 2.95. The number of ether oxygens (including phenoxy) is 1. The van der Waals surface area contributed by atoms with Crippen LogP contribution in [0.4, 0.5) is 0 Å². The average molecular weight is 208 g/mol. The van der Waals surface area contributed by atoms with Crippen LogP contribution in [-0.4, -0.2) is 12.0 Å². The number of nitrogens with two attached hydrogens (primary N) is 1. The molecule has 0 radical (unpaired) electrons. The minimum Gasteiger partial charge on any atom is -0.481 e. The van der Waals surface area contributed by atoms with E-state index in [-0.39, 0.29) is 5.91 Å². The number of benzene rings is 1. The molecule has 4 heteroatoms. The standard InChI is InChI=1S/C11H16N2O2/c1-7-4-5-10(8(2)6-7)15-9(3)11(14)13-12/h4-6,9H,12H2,1-3H3,(H,13,14)/t9-/m0/s1. The molecule has 1 rings (SSSR count). The van der Waals surface area contributed by atoms with Crippen molar-refractivity contribution >= 4 is 5.91 Å². The molecule has 3 N–H and O–H groups in total. The molecule has 15 heavy (non-hydrogen) atoms. The van der Waals surface area contributed by atoms with Gasteiger partial charge < -0.3 is 4.74 Å². The zero-order chi connectivity index (χ0) is 11.4. The van der Waals surface area contributed by atoms with E-state index in [9.17, 15) is 4.79 Å². The highest BCUT2D eigenvalue weighted by atomic mass is 16.5. The van der Waals surface area contributed by atoms with Crippen LogP contribution < -0.4 is 16.0 Å². The Morgan fingerprint density at radius 3 is 2.67 bits per heavy atom. The Balaban J connectivity index is 2.76. The molecule has 0 aliphatic heterocycles. The summed E-state index contributed by atoms with van der Waals surface area (Å²) in [5.41, 5.74) is 4.22. The lowest BCUT2D eigenvalue weighted by Crippen LogP contribution is -2.40. The van der Waals surface area contributed by atoms with Gasteiger partial charge in [0.05, 0.1) is 0 Å². The number of carbonyl (C=O) groups excluding carboxylic acids is 1. The molecule has 1 aromatic rings. The van der Waals surface area contributed by atoms with Gasteiger partial charge in [0.2, 0.25) is 0 Å². The van der Waals surface area contributed by atoms with E-state index in [1.54, 1.807) is 6.92 Å². The van der Waals surface area contributed by atoms with Gasteiger partial charge in [-0.05, 0) is 32.4 Å². The third-order valence-electron chi connectivity index (χ3n) is 2.15. The van der Waals surface area contributed by atoms with Crippen LogP contribution >= 0.6 is 0 Å². The fraction of sp³-hybridized carbons (Fsp3) is 0.364. The summed E-state index contributed by atoms with van der Waals surface area (Å²) in [6, 6.07) is 5.79. The maximum absolute atomic E-state index is 11.1. The van der Waals surface area contributed by atoms with Gasteiger partial charge >= 0.3 is 0 Å². The highest BCUT2D eigenvalue weighted by Crippen LogP contribution is 2.19. The number of rotatable bonds is 3. The van der Waals surface area contributed by atoms with Crippen molar-refractivity contribution in [2.45, 2.75) is 26.9 Å². The second kappa shape index (κ2) is 4.79. The minimum absolute atomic E-state index is 0.338. The molecule has 1 amide bonds. The van der Waals surface area contributed by atoms with Gasteiger partial charge in [0.25, 0.3) is 5.91 Å². The van der Waals surface area contributed by atoms with Crippen molar-refractivity contribution in [2.75, 3.05) is 0 Å². The van der Waals surface area contributed by atoms with Crippen LogP contribution in [0.5, 0.6) is 5.75 Å². The molecule has 0 spiro atoms. The first kappa shape index (κ1) is 11.5. The van der Waals surface area contributed by atoms with E-state index < -0.39 is 6.10 Å². The van der Waals surface area contributed by atoms with Gasteiger partial charge in [-0.15, -0.1) is 0 Å². The monoisotopic (exact) mass is 208 g/mol.